The van der Waals surface area contributed by atoms with E-state index in [9.17, 15) is 33.4 Å². The van der Waals surface area contributed by atoms with E-state index in [0.29, 0.717) is 0 Å². The highest BCUT2D eigenvalue weighted by molar-refractivity contribution is 7.89. The molecule has 1 amide bonds. The highest BCUT2D eigenvalue weighted by Gasteiger charge is 2.42. The summed E-state index contributed by atoms with van der Waals surface area (Å²) in [5.41, 5.74) is -1.84. The summed E-state index contributed by atoms with van der Waals surface area (Å²) in [5.74, 6) is -0.781. The van der Waals surface area contributed by atoms with Crippen molar-refractivity contribution in [2.45, 2.75) is 11.7 Å². The molecule has 1 aliphatic heterocycles. The first-order chi connectivity index (χ1) is 10.1. The Balaban J connectivity index is 2.59. The van der Waals surface area contributed by atoms with Crippen LogP contribution < -0.4 is 10.0 Å². The molecule has 0 aromatic heterocycles. The van der Waals surface area contributed by atoms with E-state index in [2.05, 4.69) is 0 Å². The molecule has 11 nitrogen and oxygen atoms in total. The fourth-order valence-electron chi connectivity index (χ4n) is 2.20. The van der Waals surface area contributed by atoms with Crippen LogP contribution in [0.3, 0.4) is 0 Å². The number of anilines is 1. The topological polar surface area (TPSA) is 167 Å². The van der Waals surface area contributed by atoms with Crippen molar-refractivity contribution in [3.8, 4) is 0 Å². The molecular weight excluding hydrogens is 320 g/mol. The Bertz CT molecular complexity index is 743. The molecule has 1 unspecified atom stereocenters. The number of para-hydroxylation sites is 1. The lowest BCUT2D eigenvalue weighted by molar-refractivity contribution is -0.392. The Morgan fingerprint density at radius 3 is 2.05 bits per heavy atom. The first kappa shape index (κ1) is 15.8. The average Bonchev–Trinajstić information content (AvgIpc) is 2.79. The fourth-order valence-corrected chi connectivity index (χ4v) is 2.93. The second kappa shape index (κ2) is 5.31. The summed E-state index contributed by atoms with van der Waals surface area (Å²) in [7, 11) is -4.04. The van der Waals surface area contributed by atoms with Gasteiger partial charge in [-0.05, 0) is 6.07 Å². The van der Waals surface area contributed by atoms with E-state index in [1.807, 2.05) is 0 Å². The summed E-state index contributed by atoms with van der Waals surface area (Å²) in [5, 5.41) is 25.8. The van der Waals surface area contributed by atoms with Crippen LogP contribution in [-0.2, 0) is 14.8 Å². The van der Waals surface area contributed by atoms with Gasteiger partial charge in [0.05, 0.1) is 9.85 Å². The predicted octanol–water partition coefficient (Wildman–Crippen LogP) is -0.103. The molecule has 2 rings (SSSR count). The lowest BCUT2D eigenvalue weighted by atomic mass is 10.2. The van der Waals surface area contributed by atoms with Crippen molar-refractivity contribution >= 4 is 33.0 Å². The van der Waals surface area contributed by atoms with Crippen LogP contribution in [0.2, 0.25) is 0 Å². The van der Waals surface area contributed by atoms with Crippen LogP contribution in [0, 0.1) is 20.2 Å². The van der Waals surface area contributed by atoms with Gasteiger partial charge in [-0.25, -0.2) is 13.6 Å². The summed E-state index contributed by atoms with van der Waals surface area (Å²) in [6.45, 7) is -0.469. The zero-order valence-electron chi connectivity index (χ0n) is 10.9. The van der Waals surface area contributed by atoms with E-state index in [-0.39, 0.29) is 0 Å². The number of primary sulfonamides is 1. The molecule has 0 bridgehead atoms. The van der Waals surface area contributed by atoms with Gasteiger partial charge in [-0.3, -0.25) is 29.9 Å². The van der Waals surface area contributed by atoms with Gasteiger partial charge in [-0.15, -0.1) is 0 Å². The van der Waals surface area contributed by atoms with Crippen molar-refractivity contribution in [2.24, 2.45) is 5.14 Å². The van der Waals surface area contributed by atoms with Crippen LogP contribution in [0.4, 0.5) is 17.1 Å². The second-order valence-corrected chi connectivity index (χ2v) is 6.42. The van der Waals surface area contributed by atoms with E-state index in [4.69, 9.17) is 5.14 Å². The van der Waals surface area contributed by atoms with Crippen LogP contribution in [0.25, 0.3) is 0 Å². The Morgan fingerprint density at radius 1 is 1.18 bits per heavy atom. The van der Waals surface area contributed by atoms with Crippen molar-refractivity contribution < 1.29 is 23.1 Å². The van der Waals surface area contributed by atoms with Gasteiger partial charge in [0.15, 0.2) is 0 Å². The van der Waals surface area contributed by atoms with Crippen LogP contribution in [0.5, 0.6) is 0 Å². The lowest BCUT2D eigenvalue weighted by Gasteiger charge is -2.16. The molecule has 1 atom stereocenters. The van der Waals surface area contributed by atoms with Crippen LogP contribution >= 0.6 is 0 Å². The van der Waals surface area contributed by atoms with Crippen molar-refractivity contribution in [3.05, 3.63) is 38.4 Å². The summed E-state index contributed by atoms with van der Waals surface area (Å²) in [6, 6.07) is 3.11. The smallest absolute Gasteiger partial charge is 0.299 e. The molecule has 1 fully saturated rings. The monoisotopic (exact) mass is 330 g/mol. The number of carbonyl (C=O) groups excluding carboxylic acids is 1. The largest absolute Gasteiger partial charge is 0.300 e. The number of hydrogen-bond acceptors (Lipinski definition) is 7. The zero-order chi connectivity index (χ0) is 16.7. The molecule has 22 heavy (non-hydrogen) atoms. The Morgan fingerprint density at radius 2 is 1.68 bits per heavy atom. The minimum atomic E-state index is -4.04. The third-order valence-electron chi connectivity index (χ3n) is 3.21. The maximum atomic E-state index is 11.9. The fraction of sp³-hybridized carbons (Fsp3) is 0.300. The van der Waals surface area contributed by atoms with Crippen LogP contribution in [-0.4, -0.2) is 36.0 Å². The number of nitrogens with two attached hydrogens (primary N) is 1. The number of nitro benzene ring substituents is 2. The van der Waals surface area contributed by atoms with Gasteiger partial charge < -0.3 is 0 Å². The molecule has 118 valence electrons. The van der Waals surface area contributed by atoms with Gasteiger partial charge in [0.1, 0.15) is 5.25 Å². The third kappa shape index (κ3) is 2.73. The average molecular weight is 330 g/mol. The summed E-state index contributed by atoms with van der Waals surface area (Å²) in [6.07, 6.45) is -0.484. The Kier molecular flexibility index (Phi) is 3.81. The molecule has 1 heterocycles. The number of benzene rings is 1. The summed E-state index contributed by atoms with van der Waals surface area (Å²) < 4.78 is 22.6. The number of rotatable bonds is 4. The second-order valence-electron chi connectivity index (χ2n) is 4.58. The number of nitro groups is 2. The molecule has 1 aromatic rings. The highest BCUT2D eigenvalue weighted by Crippen LogP contribution is 2.39. The van der Waals surface area contributed by atoms with Crippen molar-refractivity contribution in [1.29, 1.82) is 0 Å². The summed E-state index contributed by atoms with van der Waals surface area (Å²) in [4.78, 5) is 33.0. The maximum Gasteiger partial charge on any atom is 0.300 e. The van der Waals surface area contributed by atoms with Gasteiger partial charge in [0, 0.05) is 25.1 Å². The standard InChI is InChI=1S/C10H10N4O7S/c11-22(20,21)6-4-9(15)12(5-6)10-7(13(16)17)2-1-3-8(10)14(18)19/h1-3,6H,4-5H2,(H2,11,20,21). The molecule has 1 saturated heterocycles. The lowest BCUT2D eigenvalue weighted by Crippen LogP contribution is -2.32. The van der Waals surface area contributed by atoms with Gasteiger partial charge in [-0.1, -0.05) is 0 Å². The van der Waals surface area contributed by atoms with Gasteiger partial charge in [0.2, 0.25) is 21.6 Å². The van der Waals surface area contributed by atoms with E-state index < -0.39 is 61.1 Å². The molecule has 1 aliphatic rings. The normalized spacial score (nSPS) is 18.5. The number of amides is 1. The Hall–Kier alpha value is -2.60. The van der Waals surface area contributed by atoms with E-state index in [1.165, 1.54) is 0 Å². The number of sulfonamides is 1. The predicted molar refractivity (Wildman–Crippen MR) is 73.6 cm³/mol. The molecule has 0 aliphatic carbocycles. The van der Waals surface area contributed by atoms with E-state index >= 15 is 0 Å². The Labute approximate surface area is 123 Å². The van der Waals surface area contributed by atoms with Gasteiger partial charge in [0.25, 0.3) is 11.4 Å². The van der Waals surface area contributed by atoms with Crippen molar-refractivity contribution in [1.82, 2.24) is 0 Å². The third-order valence-corrected chi connectivity index (χ3v) is 4.46. The van der Waals surface area contributed by atoms with Gasteiger partial charge >= 0.3 is 0 Å². The molecule has 0 saturated carbocycles. The minimum absolute atomic E-state index is 0.469. The van der Waals surface area contributed by atoms with Crippen LogP contribution in [0.1, 0.15) is 6.42 Å². The molecule has 1 aromatic carbocycles. The highest BCUT2D eigenvalue weighted by atomic mass is 32.2. The van der Waals surface area contributed by atoms with Crippen LogP contribution in [0.15, 0.2) is 18.2 Å². The van der Waals surface area contributed by atoms with Crippen molar-refractivity contribution in [3.63, 3.8) is 0 Å². The molecule has 2 N–H and O–H groups in total. The maximum absolute atomic E-state index is 11.9. The minimum Gasteiger partial charge on any atom is -0.299 e. The van der Waals surface area contributed by atoms with E-state index in [0.717, 1.165) is 23.1 Å². The molecule has 12 heteroatoms. The number of carbonyl (C=O) groups is 1. The SMILES string of the molecule is NS(=O)(=O)C1CC(=O)N(c2c([N+](=O)[O-])cccc2[N+](=O)[O-])C1. The molecule has 0 radical (unpaired) electrons. The van der Waals surface area contributed by atoms with Crippen molar-refractivity contribution in [2.75, 3.05) is 11.4 Å². The number of hydrogen-bond donors (Lipinski definition) is 1. The summed E-state index contributed by atoms with van der Waals surface area (Å²) >= 11 is 0. The molecule has 0 spiro atoms. The number of nitrogens with zero attached hydrogens (tertiary/aromatic N) is 3. The van der Waals surface area contributed by atoms with E-state index in [1.54, 1.807) is 0 Å². The molecular formula is C10H10N4O7S. The quantitative estimate of drug-likeness (QED) is 0.593. The van der Waals surface area contributed by atoms with Gasteiger partial charge in [-0.2, -0.15) is 0 Å². The first-order valence-electron chi connectivity index (χ1n) is 5.86. The zero-order valence-corrected chi connectivity index (χ0v) is 11.7. The first-order valence-corrected chi connectivity index (χ1v) is 7.47.